The zero-order valence-electron chi connectivity index (χ0n) is 19.5. The Bertz CT molecular complexity index is 1140. The highest BCUT2D eigenvalue weighted by Crippen LogP contribution is 2.27. The first-order chi connectivity index (χ1) is 16.4. The molecular formula is C28H29N3O3. The van der Waals surface area contributed by atoms with Gasteiger partial charge in [-0.15, -0.1) is 0 Å². The zero-order chi connectivity index (χ0) is 24.1. The molecule has 0 aliphatic carbocycles. The smallest absolute Gasteiger partial charge is 0.262 e. The minimum Gasteiger partial charge on any atom is -0.344 e. The molecule has 0 bridgehead atoms. The van der Waals surface area contributed by atoms with Gasteiger partial charge in [0.25, 0.3) is 11.8 Å². The number of benzene rings is 2. The number of aryl methyl sites for hydroxylation is 1. The molecule has 1 aliphatic heterocycles. The molecule has 6 heteroatoms. The Morgan fingerprint density at radius 1 is 0.882 bits per heavy atom. The number of amides is 3. The van der Waals surface area contributed by atoms with Gasteiger partial charge in [0.1, 0.15) is 6.04 Å². The summed E-state index contributed by atoms with van der Waals surface area (Å²) in [5, 5.41) is 3.03. The van der Waals surface area contributed by atoms with Crippen LogP contribution in [-0.4, -0.2) is 33.6 Å². The summed E-state index contributed by atoms with van der Waals surface area (Å²) in [7, 11) is 0. The molecule has 34 heavy (non-hydrogen) atoms. The molecule has 3 amide bonds. The molecule has 174 valence electrons. The highest BCUT2D eigenvalue weighted by Gasteiger charge is 2.43. The fourth-order valence-electron chi connectivity index (χ4n) is 4.37. The molecule has 1 N–H and O–H groups in total. The fourth-order valence-corrected chi connectivity index (χ4v) is 4.37. The molecule has 1 aromatic heterocycles. The van der Waals surface area contributed by atoms with Crippen molar-refractivity contribution in [1.82, 2.24) is 15.2 Å². The second kappa shape index (κ2) is 10.00. The lowest BCUT2D eigenvalue weighted by Gasteiger charge is -2.31. The van der Waals surface area contributed by atoms with Gasteiger partial charge in [0, 0.05) is 6.20 Å². The summed E-state index contributed by atoms with van der Waals surface area (Å²) in [6, 6.07) is 21.5. The molecular weight excluding hydrogens is 426 g/mol. The summed E-state index contributed by atoms with van der Waals surface area (Å²) in [6.45, 7) is 3.73. The van der Waals surface area contributed by atoms with Crippen molar-refractivity contribution in [2.45, 2.75) is 51.1 Å². The van der Waals surface area contributed by atoms with Crippen molar-refractivity contribution in [3.63, 3.8) is 0 Å². The highest BCUT2D eigenvalue weighted by molar-refractivity contribution is 6.22. The third-order valence-corrected chi connectivity index (χ3v) is 6.22. The van der Waals surface area contributed by atoms with Crippen LogP contribution < -0.4 is 5.32 Å². The van der Waals surface area contributed by atoms with E-state index in [0.29, 0.717) is 29.7 Å². The molecule has 0 fully saturated rings. The van der Waals surface area contributed by atoms with Gasteiger partial charge in [0.2, 0.25) is 5.91 Å². The Morgan fingerprint density at radius 2 is 1.50 bits per heavy atom. The van der Waals surface area contributed by atoms with Crippen LogP contribution in [0.4, 0.5) is 0 Å². The molecule has 2 heterocycles. The van der Waals surface area contributed by atoms with Crippen LogP contribution in [0.15, 0.2) is 79.0 Å². The number of pyridine rings is 1. The molecule has 3 aromatic rings. The average Bonchev–Trinajstić information content (AvgIpc) is 3.10. The summed E-state index contributed by atoms with van der Waals surface area (Å²) >= 11 is 0. The number of hydrogen-bond acceptors (Lipinski definition) is 4. The average molecular weight is 456 g/mol. The van der Waals surface area contributed by atoms with Gasteiger partial charge in [-0.05, 0) is 62.9 Å². The van der Waals surface area contributed by atoms with Gasteiger partial charge < -0.3 is 5.32 Å². The number of carbonyl (C=O) groups excluding carboxylic acids is 3. The van der Waals surface area contributed by atoms with Crippen LogP contribution in [0.1, 0.15) is 65.1 Å². The molecule has 0 saturated heterocycles. The molecule has 0 radical (unpaired) electrons. The van der Waals surface area contributed by atoms with E-state index >= 15 is 0 Å². The molecule has 2 aromatic carbocycles. The van der Waals surface area contributed by atoms with Crippen LogP contribution in [0.3, 0.4) is 0 Å². The second-order valence-electron chi connectivity index (χ2n) is 9.10. The van der Waals surface area contributed by atoms with E-state index in [0.717, 1.165) is 17.7 Å². The largest absolute Gasteiger partial charge is 0.344 e. The molecule has 6 nitrogen and oxygen atoms in total. The summed E-state index contributed by atoms with van der Waals surface area (Å²) in [6.07, 6.45) is 4.48. The number of carbonyl (C=O) groups is 3. The van der Waals surface area contributed by atoms with E-state index in [2.05, 4.69) is 22.4 Å². The first-order valence-corrected chi connectivity index (χ1v) is 11.6. The predicted molar refractivity (Wildman–Crippen MR) is 130 cm³/mol. The molecule has 0 saturated carbocycles. The van der Waals surface area contributed by atoms with Gasteiger partial charge in [-0.25, -0.2) is 0 Å². The molecule has 1 atom stereocenters. The standard InChI is InChI=1S/C28H29N3O3/c1-28(2,24-18-10-11-19-29-24)30-25(32)23(17-9-6-14-20-12-4-3-5-13-20)31-26(33)21-15-7-8-16-22(21)27(31)34/h3-5,7-8,10-13,15-16,18-19,23H,6,9,14,17H2,1-2H3,(H,30,32)/t23-/m0/s1. The fraction of sp³-hybridized carbons (Fsp3) is 0.286. The molecule has 4 rings (SSSR count). The lowest BCUT2D eigenvalue weighted by Crippen LogP contribution is -2.53. The van der Waals surface area contributed by atoms with Crippen LogP contribution in [0.2, 0.25) is 0 Å². The topological polar surface area (TPSA) is 79.4 Å². The van der Waals surface area contributed by atoms with Crippen molar-refractivity contribution in [3.05, 3.63) is 101 Å². The quantitative estimate of drug-likeness (QED) is 0.380. The van der Waals surface area contributed by atoms with Gasteiger partial charge in [-0.1, -0.05) is 55.0 Å². The number of unbranched alkanes of at least 4 members (excludes halogenated alkanes) is 1. The zero-order valence-corrected chi connectivity index (χ0v) is 19.5. The Kier molecular flexibility index (Phi) is 6.87. The number of rotatable bonds is 9. The van der Waals surface area contributed by atoms with E-state index in [9.17, 15) is 14.4 Å². The van der Waals surface area contributed by atoms with Crippen LogP contribution >= 0.6 is 0 Å². The van der Waals surface area contributed by atoms with E-state index < -0.39 is 23.4 Å². The number of fused-ring (bicyclic) bond motifs is 1. The third kappa shape index (κ3) is 4.91. The lowest BCUT2D eigenvalue weighted by atomic mass is 9.97. The van der Waals surface area contributed by atoms with Gasteiger partial charge >= 0.3 is 0 Å². The van der Waals surface area contributed by atoms with Gasteiger partial charge in [-0.3, -0.25) is 24.3 Å². The Morgan fingerprint density at radius 3 is 2.12 bits per heavy atom. The number of imide groups is 1. The number of nitrogens with zero attached hydrogens (tertiary/aromatic N) is 2. The van der Waals surface area contributed by atoms with Gasteiger partial charge in [0.05, 0.1) is 22.4 Å². The van der Waals surface area contributed by atoms with Crippen molar-refractivity contribution < 1.29 is 14.4 Å². The van der Waals surface area contributed by atoms with E-state index in [1.165, 1.54) is 5.56 Å². The van der Waals surface area contributed by atoms with E-state index in [4.69, 9.17) is 0 Å². The van der Waals surface area contributed by atoms with Crippen molar-refractivity contribution in [2.24, 2.45) is 0 Å². The van der Waals surface area contributed by atoms with E-state index in [1.807, 2.05) is 50.2 Å². The normalized spacial score (nSPS) is 14.1. The maximum Gasteiger partial charge on any atom is 0.262 e. The minimum atomic E-state index is -0.897. The SMILES string of the molecule is CC(C)(NC(=O)[C@H](CCCCc1ccccc1)N1C(=O)c2ccccc2C1=O)c1ccccn1. The number of aromatic nitrogens is 1. The highest BCUT2D eigenvalue weighted by atomic mass is 16.2. The van der Waals surface area contributed by atoms with Crippen molar-refractivity contribution in [2.75, 3.05) is 0 Å². The van der Waals surface area contributed by atoms with Crippen LogP contribution in [0.25, 0.3) is 0 Å². The number of hydrogen-bond donors (Lipinski definition) is 1. The first kappa shape index (κ1) is 23.4. The molecule has 0 unspecified atom stereocenters. The Hall–Kier alpha value is -3.80. The molecule has 1 aliphatic rings. The Labute approximate surface area is 200 Å². The molecule has 0 spiro atoms. The summed E-state index contributed by atoms with van der Waals surface area (Å²) < 4.78 is 0. The first-order valence-electron chi connectivity index (χ1n) is 11.6. The maximum atomic E-state index is 13.5. The second-order valence-corrected chi connectivity index (χ2v) is 9.10. The monoisotopic (exact) mass is 455 g/mol. The van der Waals surface area contributed by atoms with Crippen LogP contribution in [-0.2, 0) is 16.8 Å². The van der Waals surface area contributed by atoms with Crippen molar-refractivity contribution >= 4 is 17.7 Å². The van der Waals surface area contributed by atoms with Gasteiger partial charge in [0.15, 0.2) is 0 Å². The third-order valence-electron chi connectivity index (χ3n) is 6.22. The maximum absolute atomic E-state index is 13.5. The Balaban J connectivity index is 1.53. The van der Waals surface area contributed by atoms with Crippen LogP contribution in [0.5, 0.6) is 0 Å². The van der Waals surface area contributed by atoms with E-state index in [-0.39, 0.29) is 5.91 Å². The summed E-state index contributed by atoms with van der Waals surface area (Å²) in [5.41, 5.74) is 1.85. The lowest BCUT2D eigenvalue weighted by molar-refractivity contribution is -0.127. The van der Waals surface area contributed by atoms with Crippen LogP contribution in [0, 0.1) is 0 Å². The minimum absolute atomic E-state index is 0.346. The van der Waals surface area contributed by atoms with E-state index in [1.54, 1.807) is 30.5 Å². The summed E-state index contributed by atoms with van der Waals surface area (Å²) in [5.74, 6) is -1.19. The van der Waals surface area contributed by atoms with Crippen molar-refractivity contribution in [1.29, 1.82) is 0 Å². The van der Waals surface area contributed by atoms with Gasteiger partial charge in [-0.2, -0.15) is 0 Å². The number of nitrogens with one attached hydrogen (secondary N) is 1. The summed E-state index contributed by atoms with van der Waals surface area (Å²) in [4.78, 5) is 45.4. The van der Waals surface area contributed by atoms with Crippen molar-refractivity contribution in [3.8, 4) is 0 Å². The predicted octanol–water partition coefficient (Wildman–Crippen LogP) is 4.51.